The van der Waals surface area contributed by atoms with Crippen molar-refractivity contribution in [3.63, 3.8) is 0 Å². The van der Waals surface area contributed by atoms with E-state index >= 15 is 0 Å². The number of Topliss-reactive ketones (excluding diaryl/α,β-unsaturated/α-hetero) is 2. The summed E-state index contributed by atoms with van der Waals surface area (Å²) in [5, 5.41) is 10.8. The van der Waals surface area contributed by atoms with Crippen LogP contribution >= 0.6 is 11.6 Å². The molecular formula is C63H67ClO23. The van der Waals surface area contributed by atoms with Gasteiger partial charge in [0.25, 0.3) is 0 Å². The quantitative estimate of drug-likeness (QED) is 0.0286. The molecule has 0 aliphatic carbocycles. The third-order valence-electron chi connectivity index (χ3n) is 13.0. The predicted octanol–water partition coefficient (Wildman–Crippen LogP) is 9.30. The first-order valence-corrected chi connectivity index (χ1v) is 27.1. The Kier molecular flexibility index (Phi) is 25.0. The van der Waals surface area contributed by atoms with Gasteiger partial charge in [-0.3, -0.25) is 19.2 Å². The zero-order valence-electron chi connectivity index (χ0n) is 50.0. The molecule has 4 aromatic carbocycles. The highest BCUT2D eigenvalue weighted by molar-refractivity contribution is 6.23. The van der Waals surface area contributed by atoms with Crippen LogP contribution in [0.25, 0.3) is 38.5 Å². The van der Waals surface area contributed by atoms with Crippen LogP contribution in [0.15, 0.2) is 113 Å². The molecule has 8 rings (SSSR count). The summed E-state index contributed by atoms with van der Waals surface area (Å²) in [6.07, 6.45) is 2.43. The van der Waals surface area contributed by atoms with Crippen molar-refractivity contribution in [2.45, 2.75) is 53.4 Å². The number of rotatable bonds is 22. The van der Waals surface area contributed by atoms with Crippen LogP contribution in [0.1, 0.15) is 56.4 Å². The Morgan fingerprint density at radius 2 is 0.908 bits per heavy atom. The largest absolute Gasteiger partial charge is 0.496 e. The lowest BCUT2D eigenvalue weighted by atomic mass is 9.94. The van der Waals surface area contributed by atoms with E-state index in [0.29, 0.717) is 109 Å². The van der Waals surface area contributed by atoms with Crippen molar-refractivity contribution in [2.24, 2.45) is 11.8 Å². The first kappa shape index (κ1) is 68.0. The molecule has 0 spiro atoms. The van der Waals surface area contributed by atoms with Gasteiger partial charge in [0.1, 0.15) is 91.7 Å². The van der Waals surface area contributed by atoms with Gasteiger partial charge in [-0.15, -0.1) is 11.6 Å². The lowest BCUT2D eigenvalue weighted by molar-refractivity contribution is -0.161. The van der Waals surface area contributed by atoms with Gasteiger partial charge in [0, 0.05) is 79.0 Å². The molecule has 1 aliphatic rings. The number of carboxylic acids is 1. The summed E-state index contributed by atoms with van der Waals surface area (Å²) >= 11 is 5.92. The number of carboxylic acid groups (broad SMARTS) is 1. The first-order valence-electron chi connectivity index (χ1n) is 26.6. The van der Waals surface area contributed by atoms with Gasteiger partial charge >= 0.3 is 34.8 Å². The van der Waals surface area contributed by atoms with E-state index < -0.39 is 52.4 Å². The van der Waals surface area contributed by atoms with E-state index in [2.05, 4.69) is 6.58 Å². The molecule has 1 atom stereocenters. The van der Waals surface area contributed by atoms with Gasteiger partial charge in [-0.1, -0.05) is 6.58 Å². The lowest BCUT2D eigenvalue weighted by Crippen LogP contribution is -2.30. The number of aryl methyl sites for hydroxylation is 1. The van der Waals surface area contributed by atoms with Crippen LogP contribution in [0.3, 0.4) is 0 Å². The number of benzene rings is 4. The summed E-state index contributed by atoms with van der Waals surface area (Å²) in [6.45, 7) is 10.0. The first-order chi connectivity index (χ1) is 41.5. The van der Waals surface area contributed by atoms with Gasteiger partial charge in [0.2, 0.25) is 0 Å². The number of hydrogen-bond acceptors (Lipinski definition) is 22. The third kappa shape index (κ3) is 17.4. The maximum Gasteiger partial charge on any atom is 0.336 e. The molecule has 0 saturated heterocycles. The number of carbonyl (C=O) groups excluding carboxylic acids is 4. The maximum atomic E-state index is 12.3. The molecule has 7 aromatic rings. The molecule has 24 heteroatoms. The summed E-state index contributed by atoms with van der Waals surface area (Å²) in [6, 6.07) is 17.0. The molecular weight excluding hydrogens is 1160 g/mol. The number of fused-ring (bicyclic) bond motifs is 4. The van der Waals surface area contributed by atoms with E-state index in [1.165, 1.54) is 86.8 Å². The topological polar surface area (TPSA) is 298 Å². The zero-order chi connectivity index (χ0) is 64.2. The molecule has 464 valence electrons. The summed E-state index contributed by atoms with van der Waals surface area (Å²) in [4.78, 5) is 93.8. The minimum atomic E-state index is -1.24. The van der Waals surface area contributed by atoms with Crippen LogP contribution in [0.4, 0.5) is 0 Å². The number of carbonyl (C=O) groups is 5. The molecule has 23 nitrogen and oxygen atoms in total. The Bertz CT molecular complexity index is 3860. The zero-order valence-corrected chi connectivity index (χ0v) is 50.8. The Morgan fingerprint density at radius 3 is 1.26 bits per heavy atom. The monoisotopic (exact) mass is 1230 g/mol. The molecule has 1 N–H and O–H groups in total. The second-order valence-corrected chi connectivity index (χ2v) is 18.9. The average molecular weight is 1230 g/mol. The molecule has 1 unspecified atom stereocenters. The molecule has 87 heavy (non-hydrogen) atoms. The van der Waals surface area contributed by atoms with Crippen molar-refractivity contribution in [3.05, 3.63) is 139 Å². The number of ether oxygens (including phenoxy) is 11. The molecule has 4 heterocycles. The minimum Gasteiger partial charge on any atom is -0.496 e. The van der Waals surface area contributed by atoms with Crippen molar-refractivity contribution < 1.29 is 94.4 Å². The molecule has 0 bridgehead atoms. The van der Waals surface area contributed by atoms with Crippen LogP contribution in [-0.4, -0.2) is 111 Å². The van der Waals surface area contributed by atoms with Crippen molar-refractivity contribution in [1.29, 1.82) is 0 Å². The van der Waals surface area contributed by atoms with Gasteiger partial charge in [0.15, 0.2) is 5.92 Å². The van der Waals surface area contributed by atoms with Gasteiger partial charge < -0.3 is 75.3 Å². The smallest absolute Gasteiger partial charge is 0.336 e. The second-order valence-electron chi connectivity index (χ2n) is 18.6. The Morgan fingerprint density at radius 1 is 0.529 bits per heavy atom. The van der Waals surface area contributed by atoms with E-state index in [1.54, 1.807) is 64.5 Å². The van der Waals surface area contributed by atoms with Crippen LogP contribution < -0.4 is 59.5 Å². The van der Waals surface area contributed by atoms with Crippen molar-refractivity contribution in [3.8, 4) is 51.7 Å². The van der Waals surface area contributed by atoms with Crippen LogP contribution in [-0.2, 0) is 52.7 Å². The van der Waals surface area contributed by atoms with E-state index in [0.717, 1.165) is 16.7 Å². The molecule has 1 aliphatic heterocycles. The number of hydrogen-bond donors (Lipinski definition) is 1. The third-order valence-corrected chi connectivity index (χ3v) is 13.3. The van der Waals surface area contributed by atoms with Gasteiger partial charge in [-0.2, -0.15) is 0 Å². The molecule has 3 aromatic heterocycles. The fraction of sp³-hybridized carbons (Fsp3) is 0.333. The average Bonchev–Trinajstić information content (AvgIpc) is 0.988. The van der Waals surface area contributed by atoms with E-state index in [-0.39, 0.29) is 43.0 Å². The Hall–Kier alpha value is -9.77. The molecule has 0 fully saturated rings. The van der Waals surface area contributed by atoms with Crippen LogP contribution in [0.2, 0.25) is 0 Å². The SMILES string of the molecule is C=C1C=C(CCl)c2c(OC)cc(OC)cc2O1.CCOC(=O)C(Cc1cc(=O)oc2cc(OC)cc(OC)c12)C(=O)OCC.COc1cc(OC)c2c(CC(C(C)=O)C(=O)O)cc(=O)oc2c1.COc1cc(OC)c2c(CCC(C)=O)cc(=O)oc2c1. The molecule has 0 radical (unpaired) electrons. The van der Waals surface area contributed by atoms with E-state index in [1.807, 2.05) is 6.08 Å². The Labute approximate surface area is 503 Å². The second kappa shape index (κ2) is 31.9. The number of esters is 2. The number of methoxy groups -OCH3 is 8. The number of alkyl halides is 1. The summed E-state index contributed by atoms with van der Waals surface area (Å²) in [7, 11) is 12.1. The highest BCUT2D eigenvalue weighted by Gasteiger charge is 2.32. The van der Waals surface area contributed by atoms with Gasteiger partial charge in [-0.05, 0) is 75.3 Å². The summed E-state index contributed by atoms with van der Waals surface area (Å²) in [5.41, 5.74) is 2.41. The predicted molar refractivity (Wildman–Crippen MR) is 320 cm³/mol. The number of allylic oxidation sites excluding steroid dienone is 2. The lowest BCUT2D eigenvalue weighted by Gasteiger charge is -2.21. The van der Waals surface area contributed by atoms with Gasteiger partial charge in [0.05, 0.1) is 91.8 Å². The number of ketones is 2. The van der Waals surface area contributed by atoms with Crippen LogP contribution in [0, 0.1) is 11.8 Å². The highest BCUT2D eigenvalue weighted by Crippen LogP contribution is 2.43. The normalized spacial score (nSPS) is 11.6. The summed E-state index contributed by atoms with van der Waals surface area (Å²) in [5.74, 6) is 0.0969. The van der Waals surface area contributed by atoms with E-state index in [9.17, 15) is 43.5 Å². The van der Waals surface area contributed by atoms with Crippen LogP contribution in [0.5, 0.6) is 51.7 Å². The number of aliphatic carboxylic acids is 1. The maximum absolute atomic E-state index is 12.3. The fourth-order valence-corrected chi connectivity index (χ4v) is 9.20. The van der Waals surface area contributed by atoms with Crippen molar-refractivity contribution >= 4 is 79.6 Å². The fourth-order valence-electron chi connectivity index (χ4n) is 8.99. The summed E-state index contributed by atoms with van der Waals surface area (Å²) < 4.78 is 73.0. The molecule has 0 saturated carbocycles. The standard InChI is InChI=1S/C19H22O8.C16H16O7.C15H16O5.C13H13ClO3/c1-5-25-18(21)13(19(22)26-6-2)7-11-8-16(20)27-15-10-12(23-3)9-14(24-4)17(11)15;1-8(17)11(16(19)20)4-9-5-14(18)23-13-7-10(21-2)6-12(22-3)15(9)13;1-9(16)4-5-10-6-14(17)20-13-8-11(18-2)7-12(19-3)15(10)13;1-8-4-9(7-14)13-11(16-3)5-10(15-2)6-12(13)17-8/h8-10,13H,5-7H2,1-4H3;5-7,11H,4H2,1-3H3,(H,19,20);6-8H,4-5H2,1-3H3;4-6H,1,7H2,2-3H3. The van der Waals surface area contributed by atoms with E-state index in [4.69, 9.17) is 77.0 Å². The Balaban J connectivity index is 0.000000214. The number of halogens is 1. The van der Waals surface area contributed by atoms with Crippen molar-refractivity contribution in [1.82, 2.24) is 0 Å². The minimum absolute atomic E-state index is 0.0684. The molecule has 0 amide bonds. The van der Waals surface area contributed by atoms with Gasteiger partial charge in [-0.25, -0.2) is 14.4 Å². The highest BCUT2D eigenvalue weighted by atomic mass is 35.5. The van der Waals surface area contributed by atoms with Crippen molar-refractivity contribution in [2.75, 3.05) is 76.0 Å².